The van der Waals surface area contributed by atoms with Gasteiger partial charge in [-0.05, 0) is 12.1 Å². The Morgan fingerprint density at radius 3 is 2.80 bits per heavy atom. The van der Waals surface area contributed by atoms with E-state index in [4.69, 9.17) is 5.11 Å². The molecule has 0 spiro atoms. The molecule has 2 N–H and O–H groups in total. The van der Waals surface area contributed by atoms with Gasteiger partial charge in [0.1, 0.15) is 6.54 Å². The Morgan fingerprint density at radius 2 is 2.10 bits per heavy atom. The molecule has 2 aromatic rings. The zero-order chi connectivity index (χ0) is 14.4. The Labute approximate surface area is 119 Å². The number of aromatic nitrogens is 3. The first-order chi connectivity index (χ1) is 9.63. The predicted octanol–water partition coefficient (Wildman–Crippen LogP) is 1.09. The Hall–Kier alpha value is -2.35. The molecular weight excluding hydrogens is 280 g/mol. The molecule has 8 heteroatoms. The number of carbonyl (C=O) groups excluding carboxylic acids is 1. The largest absolute Gasteiger partial charge is 0.480 e. The Balaban J connectivity index is 1.82. The van der Waals surface area contributed by atoms with Gasteiger partial charge in [-0.25, -0.2) is 0 Å². The van der Waals surface area contributed by atoms with Crippen molar-refractivity contribution in [1.82, 2.24) is 14.8 Å². The molecule has 104 valence electrons. The first kappa shape index (κ1) is 14.1. The number of aliphatic carboxylic acids is 1. The number of nitrogens with one attached hydrogen (secondary N) is 1. The van der Waals surface area contributed by atoms with Crippen LogP contribution in [-0.4, -0.2) is 37.5 Å². The van der Waals surface area contributed by atoms with Gasteiger partial charge < -0.3 is 10.4 Å². The molecule has 2 heterocycles. The van der Waals surface area contributed by atoms with E-state index in [1.165, 1.54) is 28.8 Å². The first-order valence-corrected chi connectivity index (χ1v) is 6.69. The van der Waals surface area contributed by atoms with Gasteiger partial charge in [-0.3, -0.25) is 19.3 Å². The van der Waals surface area contributed by atoms with Crippen LogP contribution < -0.4 is 5.32 Å². The second kappa shape index (κ2) is 6.71. The summed E-state index contributed by atoms with van der Waals surface area (Å²) in [5, 5.41) is 15.1. The van der Waals surface area contributed by atoms with E-state index in [1.54, 1.807) is 12.4 Å². The lowest BCUT2D eigenvalue weighted by atomic mass is 10.5. The van der Waals surface area contributed by atoms with E-state index in [9.17, 15) is 9.59 Å². The fourth-order valence-electron chi connectivity index (χ4n) is 1.43. The number of carboxylic acids is 1. The van der Waals surface area contributed by atoms with E-state index in [0.29, 0.717) is 5.69 Å². The molecule has 0 atom stereocenters. The van der Waals surface area contributed by atoms with Crippen LogP contribution in [0, 0.1) is 0 Å². The molecule has 0 aromatic carbocycles. The van der Waals surface area contributed by atoms with Crippen molar-refractivity contribution < 1.29 is 14.7 Å². The van der Waals surface area contributed by atoms with Crippen molar-refractivity contribution in [3.05, 3.63) is 36.9 Å². The van der Waals surface area contributed by atoms with E-state index in [0.717, 1.165) is 4.90 Å². The normalized spacial score (nSPS) is 10.2. The monoisotopic (exact) mass is 292 g/mol. The number of anilines is 1. The van der Waals surface area contributed by atoms with Gasteiger partial charge in [-0.2, -0.15) is 5.10 Å². The number of carboxylic acid groups (broad SMARTS) is 1. The minimum atomic E-state index is -0.987. The highest BCUT2D eigenvalue weighted by Crippen LogP contribution is 2.16. The van der Waals surface area contributed by atoms with E-state index in [-0.39, 0.29) is 18.2 Å². The van der Waals surface area contributed by atoms with Gasteiger partial charge in [0, 0.05) is 23.5 Å². The molecule has 0 aliphatic rings. The molecule has 0 saturated heterocycles. The van der Waals surface area contributed by atoms with Crippen LogP contribution in [0.25, 0.3) is 0 Å². The van der Waals surface area contributed by atoms with Crippen molar-refractivity contribution in [2.45, 2.75) is 11.4 Å². The van der Waals surface area contributed by atoms with Crippen molar-refractivity contribution in [1.29, 1.82) is 0 Å². The SMILES string of the molecule is O=C(O)Cn1cc(NC(=O)CSc2ccncc2)cn1. The van der Waals surface area contributed by atoms with E-state index >= 15 is 0 Å². The predicted molar refractivity (Wildman–Crippen MR) is 73.5 cm³/mol. The molecule has 0 aliphatic heterocycles. The summed E-state index contributed by atoms with van der Waals surface area (Å²) < 4.78 is 1.24. The molecule has 1 amide bonds. The highest BCUT2D eigenvalue weighted by atomic mass is 32.2. The lowest BCUT2D eigenvalue weighted by Gasteiger charge is -2.02. The molecule has 0 saturated carbocycles. The average Bonchev–Trinajstić information content (AvgIpc) is 2.84. The Morgan fingerprint density at radius 1 is 1.35 bits per heavy atom. The summed E-state index contributed by atoms with van der Waals surface area (Å²) in [6, 6.07) is 3.64. The Kier molecular flexibility index (Phi) is 4.72. The quantitative estimate of drug-likeness (QED) is 0.774. The third-order valence-electron chi connectivity index (χ3n) is 2.23. The maximum atomic E-state index is 11.7. The zero-order valence-electron chi connectivity index (χ0n) is 10.4. The number of rotatable bonds is 6. The molecule has 20 heavy (non-hydrogen) atoms. The summed E-state index contributed by atoms with van der Waals surface area (Å²) in [7, 11) is 0. The van der Waals surface area contributed by atoms with Crippen LogP contribution in [0.5, 0.6) is 0 Å². The Bertz CT molecular complexity index is 600. The van der Waals surface area contributed by atoms with Crippen molar-refractivity contribution in [2.24, 2.45) is 0 Å². The minimum Gasteiger partial charge on any atom is -0.480 e. The number of hydrogen-bond acceptors (Lipinski definition) is 5. The molecular formula is C12H12N4O3S. The molecule has 0 aliphatic carbocycles. The minimum absolute atomic E-state index is 0.179. The standard InChI is InChI=1S/C12H12N4O3S/c17-11(8-20-10-1-3-13-4-2-10)15-9-5-14-16(6-9)7-12(18)19/h1-6H,7-8H2,(H,15,17)(H,18,19). The van der Waals surface area contributed by atoms with Crippen LogP contribution >= 0.6 is 11.8 Å². The summed E-state index contributed by atoms with van der Waals surface area (Å²) in [5.41, 5.74) is 0.478. The van der Waals surface area contributed by atoms with Gasteiger partial charge in [-0.15, -0.1) is 11.8 Å². The van der Waals surface area contributed by atoms with Crippen LogP contribution in [0.2, 0.25) is 0 Å². The summed E-state index contributed by atoms with van der Waals surface area (Å²) in [5.74, 6) is -0.908. The summed E-state index contributed by atoms with van der Waals surface area (Å²) >= 11 is 1.39. The molecule has 7 nitrogen and oxygen atoms in total. The molecule has 2 rings (SSSR count). The van der Waals surface area contributed by atoms with E-state index < -0.39 is 5.97 Å². The number of amides is 1. The third kappa shape index (κ3) is 4.39. The number of thioether (sulfide) groups is 1. The third-order valence-corrected chi connectivity index (χ3v) is 3.25. The average molecular weight is 292 g/mol. The fourth-order valence-corrected chi connectivity index (χ4v) is 2.12. The van der Waals surface area contributed by atoms with Gasteiger partial charge in [0.25, 0.3) is 0 Å². The van der Waals surface area contributed by atoms with Gasteiger partial charge >= 0.3 is 5.97 Å². The van der Waals surface area contributed by atoms with Crippen molar-refractivity contribution in [3.8, 4) is 0 Å². The van der Waals surface area contributed by atoms with E-state index in [1.807, 2.05) is 12.1 Å². The zero-order valence-corrected chi connectivity index (χ0v) is 11.2. The highest BCUT2D eigenvalue weighted by molar-refractivity contribution is 8.00. The van der Waals surface area contributed by atoms with Gasteiger partial charge in [-0.1, -0.05) is 0 Å². The number of pyridine rings is 1. The number of hydrogen-bond donors (Lipinski definition) is 2. The van der Waals surface area contributed by atoms with Crippen molar-refractivity contribution in [3.63, 3.8) is 0 Å². The highest BCUT2D eigenvalue weighted by Gasteiger charge is 2.07. The maximum absolute atomic E-state index is 11.7. The lowest BCUT2D eigenvalue weighted by molar-refractivity contribution is -0.137. The van der Waals surface area contributed by atoms with Crippen molar-refractivity contribution >= 4 is 29.3 Å². The summed E-state index contributed by atoms with van der Waals surface area (Å²) in [6.07, 6.45) is 6.22. The molecule has 0 radical (unpaired) electrons. The van der Waals surface area contributed by atoms with Crippen LogP contribution in [0.3, 0.4) is 0 Å². The van der Waals surface area contributed by atoms with Gasteiger partial charge in [0.15, 0.2) is 0 Å². The van der Waals surface area contributed by atoms with Crippen molar-refractivity contribution in [2.75, 3.05) is 11.1 Å². The molecule has 0 unspecified atom stereocenters. The van der Waals surface area contributed by atoms with Gasteiger partial charge in [0.2, 0.25) is 5.91 Å². The smallest absolute Gasteiger partial charge is 0.325 e. The van der Waals surface area contributed by atoms with E-state index in [2.05, 4.69) is 15.4 Å². The van der Waals surface area contributed by atoms with Crippen LogP contribution in [0.4, 0.5) is 5.69 Å². The molecule has 2 aromatic heterocycles. The van der Waals surface area contributed by atoms with Crippen LogP contribution in [-0.2, 0) is 16.1 Å². The molecule has 0 bridgehead atoms. The second-order valence-corrected chi connectivity index (χ2v) is 4.89. The number of nitrogens with zero attached hydrogens (tertiary/aromatic N) is 3. The molecule has 0 fully saturated rings. The van der Waals surface area contributed by atoms with Crippen LogP contribution in [0.15, 0.2) is 41.8 Å². The van der Waals surface area contributed by atoms with Crippen LogP contribution in [0.1, 0.15) is 0 Å². The summed E-state index contributed by atoms with van der Waals surface area (Å²) in [6.45, 7) is -0.234. The topological polar surface area (TPSA) is 97.1 Å². The lowest BCUT2D eigenvalue weighted by Crippen LogP contribution is -2.13. The maximum Gasteiger partial charge on any atom is 0.325 e. The number of carbonyl (C=O) groups is 2. The first-order valence-electron chi connectivity index (χ1n) is 5.70. The fraction of sp³-hybridized carbons (Fsp3) is 0.167. The summed E-state index contributed by atoms with van der Waals surface area (Å²) in [4.78, 5) is 27.1. The second-order valence-electron chi connectivity index (χ2n) is 3.84. The van der Waals surface area contributed by atoms with Gasteiger partial charge in [0.05, 0.1) is 17.6 Å².